The van der Waals surface area contributed by atoms with Crippen molar-refractivity contribution < 1.29 is 0 Å². The van der Waals surface area contributed by atoms with Gasteiger partial charge in [-0.3, -0.25) is 0 Å². The van der Waals surface area contributed by atoms with Crippen LogP contribution in [0.4, 0.5) is 0 Å². The van der Waals surface area contributed by atoms with Crippen molar-refractivity contribution in [3.8, 4) is 0 Å². The summed E-state index contributed by atoms with van der Waals surface area (Å²) in [5.41, 5.74) is -0.266. The van der Waals surface area contributed by atoms with Crippen LogP contribution in [0.1, 0.15) is 0 Å². The lowest BCUT2D eigenvalue weighted by molar-refractivity contribution is 0.890. The lowest BCUT2D eigenvalue weighted by atomic mass is 10.5. The highest BCUT2D eigenvalue weighted by atomic mass is 79.9. The Morgan fingerprint density at radius 1 is 1.88 bits per heavy atom. The molecule has 1 atom stereocenters. The van der Waals surface area contributed by atoms with Gasteiger partial charge >= 0.3 is 0 Å². The average Bonchev–Trinajstić information content (AvgIpc) is 1.64. The van der Waals surface area contributed by atoms with Crippen molar-refractivity contribution in [3.05, 3.63) is 10.6 Å². The number of hydrogen-bond acceptors (Lipinski definition) is 2. The van der Waals surface area contributed by atoms with E-state index in [1.54, 1.807) is 0 Å². The zero-order valence-electron chi connectivity index (χ0n) is 4.01. The van der Waals surface area contributed by atoms with Crippen LogP contribution in [0.5, 0.6) is 0 Å². The van der Waals surface area contributed by atoms with E-state index in [2.05, 4.69) is 26.2 Å². The van der Waals surface area contributed by atoms with Gasteiger partial charge in [0.15, 0.2) is 5.50 Å². The van der Waals surface area contributed by atoms with Gasteiger partial charge in [0.1, 0.15) is 0 Å². The summed E-state index contributed by atoms with van der Waals surface area (Å²) in [6.07, 6.45) is 1.81. The van der Waals surface area contributed by atoms with Gasteiger partial charge in [-0.25, -0.2) is 0 Å². The SMILES string of the molecule is ClC1C=C(Br)CN=N1. The van der Waals surface area contributed by atoms with Gasteiger partial charge in [0.25, 0.3) is 0 Å². The molecular formula is C4H4BrClN2. The molecule has 0 radical (unpaired) electrons. The fourth-order valence-electron chi connectivity index (χ4n) is 0.422. The number of rotatable bonds is 0. The molecule has 0 aliphatic carbocycles. The Morgan fingerprint density at radius 3 is 3.00 bits per heavy atom. The van der Waals surface area contributed by atoms with Crippen LogP contribution in [0, 0.1) is 0 Å². The molecule has 0 amide bonds. The van der Waals surface area contributed by atoms with Crippen LogP contribution in [-0.2, 0) is 0 Å². The van der Waals surface area contributed by atoms with E-state index < -0.39 is 0 Å². The van der Waals surface area contributed by atoms with E-state index in [1.165, 1.54) is 0 Å². The minimum Gasteiger partial charge on any atom is -0.187 e. The van der Waals surface area contributed by atoms with E-state index in [1.807, 2.05) is 6.08 Å². The second-order valence-corrected chi connectivity index (χ2v) is 2.87. The van der Waals surface area contributed by atoms with Gasteiger partial charge in [0.05, 0.1) is 6.54 Å². The lowest BCUT2D eigenvalue weighted by Gasteiger charge is -2.01. The van der Waals surface area contributed by atoms with Gasteiger partial charge in [-0.05, 0) is 6.08 Å². The fourth-order valence-corrected chi connectivity index (χ4v) is 1.15. The van der Waals surface area contributed by atoms with Gasteiger partial charge in [0, 0.05) is 4.48 Å². The Balaban J connectivity index is 2.60. The van der Waals surface area contributed by atoms with E-state index in [0.717, 1.165) is 4.48 Å². The molecule has 1 aliphatic rings. The molecular weight excluding hydrogens is 191 g/mol. The molecule has 0 aromatic carbocycles. The smallest absolute Gasteiger partial charge is 0.163 e. The molecule has 1 aliphatic heterocycles. The second-order valence-electron chi connectivity index (χ2n) is 1.40. The van der Waals surface area contributed by atoms with Crippen LogP contribution in [-0.4, -0.2) is 12.0 Å². The Bertz CT molecular complexity index is 143. The van der Waals surface area contributed by atoms with Crippen molar-refractivity contribution in [2.45, 2.75) is 5.50 Å². The maximum atomic E-state index is 5.54. The molecule has 0 bridgehead atoms. The molecule has 0 saturated carbocycles. The molecule has 0 fully saturated rings. The largest absolute Gasteiger partial charge is 0.187 e. The van der Waals surface area contributed by atoms with Crippen LogP contribution >= 0.6 is 27.5 Å². The summed E-state index contributed by atoms with van der Waals surface area (Å²) < 4.78 is 1.01. The minimum absolute atomic E-state index is 0.266. The zero-order chi connectivity index (χ0) is 5.98. The topological polar surface area (TPSA) is 24.7 Å². The van der Waals surface area contributed by atoms with E-state index in [-0.39, 0.29) is 5.50 Å². The Hall–Kier alpha value is 0.110. The Morgan fingerprint density at radius 2 is 2.62 bits per heavy atom. The van der Waals surface area contributed by atoms with Crippen molar-refractivity contribution in [2.24, 2.45) is 10.2 Å². The predicted octanol–water partition coefficient (Wildman–Crippen LogP) is 2.30. The second kappa shape index (κ2) is 2.60. The van der Waals surface area contributed by atoms with Crippen LogP contribution in [0.15, 0.2) is 20.8 Å². The normalized spacial score (nSPS) is 27.8. The summed E-state index contributed by atoms with van der Waals surface area (Å²) in [4.78, 5) is 0. The first kappa shape index (κ1) is 6.23. The molecule has 4 heteroatoms. The van der Waals surface area contributed by atoms with Gasteiger partial charge < -0.3 is 0 Å². The third kappa shape index (κ3) is 1.56. The highest BCUT2D eigenvalue weighted by Gasteiger charge is 2.02. The average molecular weight is 195 g/mol. The van der Waals surface area contributed by atoms with Gasteiger partial charge in [0.2, 0.25) is 0 Å². The highest BCUT2D eigenvalue weighted by molar-refractivity contribution is 9.11. The molecule has 0 spiro atoms. The number of hydrogen-bond donors (Lipinski definition) is 0. The van der Waals surface area contributed by atoms with Crippen molar-refractivity contribution in [1.29, 1.82) is 0 Å². The maximum Gasteiger partial charge on any atom is 0.163 e. The van der Waals surface area contributed by atoms with Crippen molar-refractivity contribution >= 4 is 27.5 Å². The summed E-state index contributed by atoms with van der Waals surface area (Å²) >= 11 is 8.80. The van der Waals surface area contributed by atoms with Gasteiger partial charge in [-0.15, -0.1) is 0 Å². The predicted molar refractivity (Wildman–Crippen MR) is 36.4 cm³/mol. The van der Waals surface area contributed by atoms with Crippen LogP contribution in [0.25, 0.3) is 0 Å². The van der Waals surface area contributed by atoms with Crippen LogP contribution in [0.3, 0.4) is 0 Å². The number of azo groups is 1. The maximum absolute atomic E-state index is 5.54. The van der Waals surface area contributed by atoms with Crippen molar-refractivity contribution in [2.75, 3.05) is 6.54 Å². The van der Waals surface area contributed by atoms with E-state index in [4.69, 9.17) is 11.6 Å². The third-order valence-electron chi connectivity index (χ3n) is 0.732. The van der Waals surface area contributed by atoms with Crippen LogP contribution < -0.4 is 0 Å². The Kier molecular flexibility index (Phi) is 2.02. The lowest BCUT2D eigenvalue weighted by Crippen LogP contribution is -1.95. The van der Waals surface area contributed by atoms with E-state index >= 15 is 0 Å². The molecule has 0 aromatic heterocycles. The van der Waals surface area contributed by atoms with E-state index in [9.17, 15) is 0 Å². The standard InChI is InChI=1S/C4H4BrClN2/c5-3-1-4(6)8-7-2-3/h1,4H,2H2. The summed E-state index contributed by atoms with van der Waals surface area (Å²) in [5, 5.41) is 7.38. The summed E-state index contributed by atoms with van der Waals surface area (Å²) in [5.74, 6) is 0. The fraction of sp³-hybridized carbons (Fsp3) is 0.500. The minimum atomic E-state index is -0.266. The highest BCUT2D eigenvalue weighted by Crippen LogP contribution is 2.15. The summed E-state index contributed by atoms with van der Waals surface area (Å²) in [6.45, 7) is 0.628. The summed E-state index contributed by atoms with van der Waals surface area (Å²) in [7, 11) is 0. The van der Waals surface area contributed by atoms with Crippen molar-refractivity contribution in [3.63, 3.8) is 0 Å². The van der Waals surface area contributed by atoms with Crippen LogP contribution in [0.2, 0.25) is 0 Å². The van der Waals surface area contributed by atoms with Gasteiger partial charge in [-0.1, -0.05) is 27.5 Å². The van der Waals surface area contributed by atoms with Gasteiger partial charge in [-0.2, -0.15) is 10.2 Å². The number of halogens is 2. The first-order valence-corrected chi connectivity index (χ1v) is 3.39. The Labute approximate surface area is 60.8 Å². The summed E-state index contributed by atoms with van der Waals surface area (Å²) in [6, 6.07) is 0. The first-order chi connectivity index (χ1) is 3.79. The molecule has 8 heavy (non-hydrogen) atoms. The molecule has 44 valence electrons. The zero-order valence-corrected chi connectivity index (χ0v) is 6.35. The van der Waals surface area contributed by atoms with Crippen molar-refractivity contribution in [1.82, 2.24) is 0 Å². The molecule has 0 N–H and O–H groups in total. The third-order valence-corrected chi connectivity index (χ3v) is 1.46. The molecule has 1 heterocycles. The van der Waals surface area contributed by atoms with E-state index in [0.29, 0.717) is 6.54 Å². The quantitative estimate of drug-likeness (QED) is 0.419. The number of alkyl halides is 1. The first-order valence-electron chi connectivity index (χ1n) is 2.16. The number of nitrogens with zero attached hydrogens (tertiary/aromatic N) is 2. The molecule has 1 unspecified atom stereocenters. The monoisotopic (exact) mass is 194 g/mol. The molecule has 2 nitrogen and oxygen atoms in total. The molecule has 1 rings (SSSR count). The molecule has 0 aromatic rings. The molecule has 0 saturated heterocycles.